The summed E-state index contributed by atoms with van der Waals surface area (Å²) >= 11 is 0. The minimum Gasteiger partial charge on any atom is -0.477 e. The number of carboxylic acids is 1. The molecule has 2 rings (SSSR count). The first-order chi connectivity index (χ1) is 10.1. The summed E-state index contributed by atoms with van der Waals surface area (Å²) in [7, 11) is 0. The maximum atomic E-state index is 13.1. The Labute approximate surface area is 121 Å². The Morgan fingerprint density at radius 3 is 2.90 bits per heavy atom. The van der Waals surface area contributed by atoms with Gasteiger partial charge < -0.3 is 15.7 Å². The number of nitrogens with zero attached hydrogens (tertiary/aromatic N) is 2. The average Bonchev–Trinajstić information content (AvgIpc) is 2.45. The van der Waals surface area contributed by atoms with Crippen molar-refractivity contribution < 1.29 is 14.3 Å². The largest absolute Gasteiger partial charge is 0.477 e. The zero-order valence-electron chi connectivity index (χ0n) is 11.4. The maximum absolute atomic E-state index is 13.1. The van der Waals surface area contributed by atoms with E-state index in [0.29, 0.717) is 12.2 Å². The van der Waals surface area contributed by atoms with Crippen LogP contribution in [0.25, 0.3) is 0 Å². The highest BCUT2D eigenvalue weighted by molar-refractivity contribution is 5.93. The molecule has 110 valence electrons. The summed E-state index contributed by atoms with van der Waals surface area (Å²) in [6, 6.07) is 5.84. The zero-order chi connectivity index (χ0) is 15.2. The van der Waals surface area contributed by atoms with Crippen molar-refractivity contribution in [3.05, 3.63) is 41.8 Å². The third kappa shape index (κ3) is 3.88. The third-order valence-electron chi connectivity index (χ3n) is 2.64. The van der Waals surface area contributed by atoms with E-state index in [-0.39, 0.29) is 23.1 Å². The van der Waals surface area contributed by atoms with E-state index in [4.69, 9.17) is 5.11 Å². The molecule has 3 N–H and O–H groups in total. The average molecular weight is 290 g/mol. The molecule has 2 aromatic rings. The van der Waals surface area contributed by atoms with Crippen LogP contribution in [0.4, 0.5) is 21.8 Å². The van der Waals surface area contributed by atoms with Crippen molar-refractivity contribution >= 4 is 23.4 Å². The van der Waals surface area contributed by atoms with Gasteiger partial charge in [-0.25, -0.2) is 14.2 Å². The van der Waals surface area contributed by atoms with Crippen molar-refractivity contribution in [3.63, 3.8) is 0 Å². The fourth-order valence-corrected chi connectivity index (χ4v) is 1.67. The molecule has 1 aromatic carbocycles. The van der Waals surface area contributed by atoms with E-state index in [1.54, 1.807) is 12.1 Å². The standard InChI is InChI=1S/C14H15FN4O2/c1-2-6-16-12-11(13(20)21)8-17-14(19-12)18-10-5-3-4-9(15)7-10/h3-5,7-8H,2,6H2,1H3,(H,20,21)(H2,16,17,18,19). The third-order valence-corrected chi connectivity index (χ3v) is 2.64. The predicted molar refractivity (Wildman–Crippen MR) is 77.5 cm³/mol. The van der Waals surface area contributed by atoms with Crippen LogP contribution >= 0.6 is 0 Å². The monoisotopic (exact) mass is 290 g/mol. The fraction of sp³-hybridized carbons (Fsp3) is 0.214. The van der Waals surface area contributed by atoms with Crippen molar-refractivity contribution in [1.29, 1.82) is 0 Å². The number of carboxylic acid groups (broad SMARTS) is 1. The lowest BCUT2D eigenvalue weighted by atomic mass is 10.3. The number of hydrogen-bond acceptors (Lipinski definition) is 5. The highest BCUT2D eigenvalue weighted by atomic mass is 19.1. The molecule has 7 heteroatoms. The highest BCUT2D eigenvalue weighted by Gasteiger charge is 2.13. The number of aromatic nitrogens is 2. The summed E-state index contributed by atoms with van der Waals surface area (Å²) in [5.41, 5.74) is 0.479. The van der Waals surface area contributed by atoms with Gasteiger partial charge in [0.25, 0.3) is 0 Å². The lowest BCUT2D eigenvalue weighted by Gasteiger charge is -2.10. The van der Waals surface area contributed by atoms with Crippen LogP contribution in [-0.2, 0) is 0 Å². The molecule has 1 heterocycles. The van der Waals surface area contributed by atoms with Crippen LogP contribution in [0.15, 0.2) is 30.5 Å². The van der Waals surface area contributed by atoms with Crippen LogP contribution in [0.2, 0.25) is 0 Å². The van der Waals surface area contributed by atoms with E-state index in [2.05, 4.69) is 20.6 Å². The summed E-state index contributed by atoms with van der Waals surface area (Å²) < 4.78 is 13.1. The van der Waals surface area contributed by atoms with E-state index in [0.717, 1.165) is 6.42 Å². The van der Waals surface area contributed by atoms with Gasteiger partial charge in [0.05, 0.1) is 0 Å². The topological polar surface area (TPSA) is 87.1 Å². The minimum absolute atomic E-state index is 0.00626. The molecular weight excluding hydrogens is 275 g/mol. The van der Waals surface area contributed by atoms with Gasteiger partial charge in [-0.2, -0.15) is 4.98 Å². The summed E-state index contributed by atoms with van der Waals surface area (Å²) in [6.07, 6.45) is 2.05. The number of rotatable bonds is 6. The van der Waals surface area contributed by atoms with E-state index in [1.165, 1.54) is 18.3 Å². The second-order valence-corrected chi connectivity index (χ2v) is 4.32. The van der Waals surface area contributed by atoms with Gasteiger partial charge in [0, 0.05) is 18.4 Å². The number of halogens is 1. The van der Waals surface area contributed by atoms with Crippen molar-refractivity contribution in [3.8, 4) is 0 Å². The number of aromatic carboxylic acids is 1. The summed E-state index contributed by atoms with van der Waals surface area (Å²) in [5.74, 6) is -1.06. The van der Waals surface area contributed by atoms with Crippen molar-refractivity contribution in [1.82, 2.24) is 9.97 Å². The van der Waals surface area contributed by atoms with E-state index in [1.807, 2.05) is 6.92 Å². The summed E-state index contributed by atoms with van der Waals surface area (Å²) in [4.78, 5) is 19.2. The van der Waals surface area contributed by atoms with E-state index >= 15 is 0 Å². The number of nitrogens with one attached hydrogen (secondary N) is 2. The van der Waals surface area contributed by atoms with Crippen LogP contribution in [0.5, 0.6) is 0 Å². The Morgan fingerprint density at radius 2 is 2.24 bits per heavy atom. The van der Waals surface area contributed by atoms with Crippen molar-refractivity contribution in [2.24, 2.45) is 0 Å². The first kappa shape index (κ1) is 14.7. The molecule has 0 saturated heterocycles. The Kier molecular flexibility index (Phi) is 4.65. The van der Waals surface area contributed by atoms with Crippen LogP contribution < -0.4 is 10.6 Å². The van der Waals surface area contributed by atoms with Gasteiger partial charge in [-0.05, 0) is 24.6 Å². The van der Waals surface area contributed by atoms with Gasteiger partial charge in [0.2, 0.25) is 5.95 Å². The van der Waals surface area contributed by atoms with Crippen LogP contribution in [0, 0.1) is 5.82 Å². The second-order valence-electron chi connectivity index (χ2n) is 4.32. The molecule has 1 aromatic heterocycles. The van der Waals surface area contributed by atoms with Gasteiger partial charge >= 0.3 is 5.97 Å². The molecule has 6 nitrogen and oxygen atoms in total. The van der Waals surface area contributed by atoms with Gasteiger partial charge in [-0.15, -0.1) is 0 Å². The molecular formula is C14H15FN4O2. The molecule has 0 aliphatic heterocycles. The molecule has 0 radical (unpaired) electrons. The number of carbonyl (C=O) groups is 1. The van der Waals surface area contributed by atoms with Gasteiger partial charge in [0.1, 0.15) is 17.2 Å². The lowest BCUT2D eigenvalue weighted by molar-refractivity contribution is 0.0697. The van der Waals surface area contributed by atoms with Crippen LogP contribution in [-0.4, -0.2) is 27.6 Å². The summed E-state index contributed by atoms with van der Waals surface area (Å²) in [5, 5.41) is 14.9. The molecule has 21 heavy (non-hydrogen) atoms. The second kappa shape index (κ2) is 6.65. The predicted octanol–water partition coefficient (Wildman–Crippen LogP) is 2.88. The molecule has 0 fully saturated rings. The van der Waals surface area contributed by atoms with E-state index in [9.17, 15) is 9.18 Å². The first-order valence-electron chi connectivity index (χ1n) is 6.47. The van der Waals surface area contributed by atoms with Gasteiger partial charge in [0.15, 0.2) is 0 Å². The van der Waals surface area contributed by atoms with Gasteiger partial charge in [-0.1, -0.05) is 13.0 Å². The molecule has 0 atom stereocenters. The smallest absolute Gasteiger partial charge is 0.341 e. The zero-order valence-corrected chi connectivity index (χ0v) is 11.4. The Balaban J connectivity index is 2.26. The lowest BCUT2D eigenvalue weighted by Crippen LogP contribution is -2.11. The van der Waals surface area contributed by atoms with Crippen LogP contribution in [0.1, 0.15) is 23.7 Å². The van der Waals surface area contributed by atoms with Crippen LogP contribution in [0.3, 0.4) is 0 Å². The molecule has 0 bridgehead atoms. The Hall–Kier alpha value is -2.70. The van der Waals surface area contributed by atoms with Crippen molar-refractivity contribution in [2.75, 3.05) is 17.2 Å². The SMILES string of the molecule is CCCNc1nc(Nc2cccc(F)c2)ncc1C(=O)O. The quantitative estimate of drug-likeness (QED) is 0.758. The van der Waals surface area contributed by atoms with Crippen molar-refractivity contribution in [2.45, 2.75) is 13.3 Å². The minimum atomic E-state index is -1.11. The molecule has 0 spiro atoms. The number of anilines is 3. The first-order valence-corrected chi connectivity index (χ1v) is 6.47. The Bertz CT molecular complexity index is 649. The van der Waals surface area contributed by atoms with E-state index < -0.39 is 5.97 Å². The molecule has 0 aliphatic carbocycles. The molecule has 0 aliphatic rings. The molecule has 0 saturated carbocycles. The summed E-state index contributed by atoms with van der Waals surface area (Å²) in [6.45, 7) is 2.55. The maximum Gasteiger partial charge on any atom is 0.341 e. The fourth-order valence-electron chi connectivity index (χ4n) is 1.67. The number of hydrogen-bond donors (Lipinski definition) is 3. The number of benzene rings is 1. The Morgan fingerprint density at radius 1 is 1.43 bits per heavy atom. The highest BCUT2D eigenvalue weighted by Crippen LogP contribution is 2.18. The van der Waals surface area contributed by atoms with Gasteiger partial charge in [-0.3, -0.25) is 0 Å². The molecule has 0 amide bonds. The normalized spacial score (nSPS) is 10.2. The molecule has 0 unspecified atom stereocenters.